The van der Waals surface area contributed by atoms with Gasteiger partial charge in [0.05, 0.1) is 16.9 Å². The van der Waals surface area contributed by atoms with Crippen LogP contribution in [0.3, 0.4) is 0 Å². The van der Waals surface area contributed by atoms with Crippen LogP contribution < -0.4 is 9.46 Å². The van der Waals surface area contributed by atoms with Gasteiger partial charge in [-0.15, -0.1) is 13.2 Å². The Labute approximate surface area is 213 Å². The molecule has 1 unspecified atom stereocenters. The minimum absolute atomic E-state index is 0.237. The van der Waals surface area contributed by atoms with Crippen LogP contribution in [0.5, 0.6) is 5.75 Å². The number of hydrogen-bond acceptors (Lipinski definition) is 6. The first-order valence-corrected chi connectivity index (χ1v) is 13.2. The average Bonchev–Trinajstić information content (AvgIpc) is 2.77. The highest BCUT2D eigenvalue weighted by atomic mass is 32.2. The fourth-order valence-electron chi connectivity index (χ4n) is 3.98. The molecule has 2 aromatic carbocycles. The van der Waals surface area contributed by atoms with Gasteiger partial charge in [0.15, 0.2) is 0 Å². The SMILES string of the molecule is CC(C)(C)OC(=O)C1CCN(CC(NS(=O)(=O)c2ccc(OC(F)(F)F)cc2)c2ccc(F)cc2)CC1. The molecule has 1 aliphatic rings. The molecular weight excluding hydrogens is 516 g/mol. The molecule has 0 aromatic heterocycles. The molecule has 1 N–H and O–H groups in total. The van der Waals surface area contributed by atoms with Crippen LogP contribution in [-0.4, -0.2) is 50.9 Å². The van der Waals surface area contributed by atoms with Gasteiger partial charge in [0, 0.05) is 6.54 Å². The van der Waals surface area contributed by atoms with Gasteiger partial charge in [-0.05, 0) is 88.7 Å². The molecule has 1 atom stereocenters. The Kier molecular flexibility index (Phi) is 8.86. The Morgan fingerprint density at radius 3 is 2.11 bits per heavy atom. The van der Waals surface area contributed by atoms with Crippen molar-refractivity contribution in [2.45, 2.75) is 56.5 Å². The van der Waals surface area contributed by atoms with Gasteiger partial charge in [0.25, 0.3) is 0 Å². The third-order valence-electron chi connectivity index (χ3n) is 5.71. The normalized spacial score (nSPS) is 16.8. The number of benzene rings is 2. The molecule has 12 heteroatoms. The van der Waals surface area contributed by atoms with Gasteiger partial charge >= 0.3 is 12.3 Å². The summed E-state index contributed by atoms with van der Waals surface area (Å²) in [5.74, 6) is -1.55. The first-order chi connectivity index (χ1) is 17.1. The van der Waals surface area contributed by atoms with E-state index in [9.17, 15) is 30.8 Å². The van der Waals surface area contributed by atoms with Crippen molar-refractivity contribution in [3.63, 3.8) is 0 Å². The zero-order chi connectivity index (χ0) is 27.4. The molecule has 1 fully saturated rings. The predicted octanol–water partition coefficient (Wildman–Crippen LogP) is 4.80. The van der Waals surface area contributed by atoms with E-state index in [1.165, 1.54) is 24.3 Å². The van der Waals surface area contributed by atoms with Crippen molar-refractivity contribution >= 4 is 16.0 Å². The van der Waals surface area contributed by atoms with E-state index < -0.39 is 39.6 Å². The summed E-state index contributed by atoms with van der Waals surface area (Å²) < 4.78 is 88.7. The van der Waals surface area contributed by atoms with Crippen LogP contribution >= 0.6 is 0 Å². The number of halogens is 4. The van der Waals surface area contributed by atoms with Gasteiger partial charge in [-0.3, -0.25) is 4.79 Å². The van der Waals surface area contributed by atoms with Gasteiger partial charge in [-0.1, -0.05) is 12.1 Å². The molecule has 1 saturated heterocycles. The molecule has 0 amide bonds. The maximum atomic E-state index is 13.5. The number of hydrogen-bond donors (Lipinski definition) is 1. The van der Waals surface area contributed by atoms with Gasteiger partial charge in [-0.2, -0.15) is 0 Å². The van der Waals surface area contributed by atoms with Gasteiger partial charge < -0.3 is 14.4 Å². The van der Waals surface area contributed by atoms with Crippen molar-refractivity contribution in [2.24, 2.45) is 5.92 Å². The number of rotatable bonds is 8. The van der Waals surface area contributed by atoms with Crippen molar-refractivity contribution in [1.82, 2.24) is 9.62 Å². The number of piperidine rings is 1. The number of likely N-dealkylation sites (tertiary alicyclic amines) is 1. The number of alkyl halides is 3. The third-order valence-corrected chi connectivity index (χ3v) is 7.19. The van der Waals surface area contributed by atoms with Crippen molar-refractivity contribution < 1.29 is 40.2 Å². The lowest BCUT2D eigenvalue weighted by atomic mass is 9.96. The van der Waals surface area contributed by atoms with Crippen LogP contribution in [0.1, 0.15) is 45.2 Å². The van der Waals surface area contributed by atoms with Crippen LogP contribution in [0, 0.1) is 11.7 Å². The molecule has 37 heavy (non-hydrogen) atoms. The van der Waals surface area contributed by atoms with E-state index in [1.54, 1.807) is 20.8 Å². The van der Waals surface area contributed by atoms with Crippen molar-refractivity contribution in [2.75, 3.05) is 19.6 Å². The first-order valence-electron chi connectivity index (χ1n) is 11.7. The number of nitrogens with one attached hydrogen (secondary N) is 1. The van der Waals surface area contributed by atoms with E-state index in [4.69, 9.17) is 4.74 Å². The van der Waals surface area contributed by atoms with Crippen LogP contribution in [0.4, 0.5) is 17.6 Å². The van der Waals surface area contributed by atoms with Gasteiger partial charge in [0.2, 0.25) is 10.0 Å². The fraction of sp³-hybridized carbons (Fsp3) is 0.480. The quantitative estimate of drug-likeness (QED) is 0.378. The molecule has 0 bridgehead atoms. The monoisotopic (exact) mass is 546 g/mol. The molecule has 0 saturated carbocycles. The Morgan fingerprint density at radius 1 is 1.03 bits per heavy atom. The number of carbonyl (C=O) groups excluding carboxylic acids is 1. The highest BCUT2D eigenvalue weighted by molar-refractivity contribution is 7.89. The molecule has 0 aliphatic carbocycles. The summed E-state index contributed by atoms with van der Waals surface area (Å²) in [4.78, 5) is 14.1. The third kappa shape index (κ3) is 8.97. The van der Waals surface area contributed by atoms with E-state index in [2.05, 4.69) is 9.46 Å². The maximum absolute atomic E-state index is 13.5. The summed E-state index contributed by atoms with van der Waals surface area (Å²) in [5, 5.41) is 0. The van der Waals surface area contributed by atoms with Gasteiger partial charge in [-0.25, -0.2) is 17.5 Å². The molecular formula is C25H30F4N2O5S. The fourth-order valence-corrected chi connectivity index (χ4v) is 5.19. The lowest BCUT2D eigenvalue weighted by Gasteiger charge is -2.34. The summed E-state index contributed by atoms with van der Waals surface area (Å²) >= 11 is 0. The summed E-state index contributed by atoms with van der Waals surface area (Å²) in [7, 11) is -4.15. The molecule has 204 valence electrons. The molecule has 7 nitrogen and oxygen atoms in total. The second-order valence-electron chi connectivity index (χ2n) is 9.85. The van der Waals surface area contributed by atoms with E-state index >= 15 is 0 Å². The first kappa shape index (κ1) is 28.9. The van der Waals surface area contributed by atoms with Crippen LogP contribution in [0.2, 0.25) is 0 Å². The molecule has 3 rings (SSSR count). The van der Waals surface area contributed by atoms with Crippen molar-refractivity contribution in [3.8, 4) is 5.75 Å². The number of esters is 1. The number of sulfonamides is 1. The van der Waals surface area contributed by atoms with E-state index in [-0.39, 0.29) is 23.3 Å². The topological polar surface area (TPSA) is 84.9 Å². The van der Waals surface area contributed by atoms with Gasteiger partial charge in [0.1, 0.15) is 17.2 Å². The van der Waals surface area contributed by atoms with E-state index in [0.717, 1.165) is 24.3 Å². The summed E-state index contributed by atoms with van der Waals surface area (Å²) in [5.41, 5.74) is -0.0756. The van der Waals surface area contributed by atoms with E-state index in [1.807, 2.05) is 4.90 Å². The lowest BCUT2D eigenvalue weighted by Crippen LogP contribution is -2.43. The number of carbonyl (C=O) groups is 1. The minimum Gasteiger partial charge on any atom is -0.460 e. The maximum Gasteiger partial charge on any atom is 0.573 e. The van der Waals surface area contributed by atoms with Crippen LogP contribution in [0.25, 0.3) is 0 Å². The predicted molar refractivity (Wildman–Crippen MR) is 128 cm³/mol. The highest BCUT2D eigenvalue weighted by Gasteiger charge is 2.32. The van der Waals surface area contributed by atoms with Crippen molar-refractivity contribution in [3.05, 3.63) is 59.9 Å². The summed E-state index contributed by atoms with van der Waals surface area (Å²) in [6, 6.07) is 8.44. The zero-order valence-corrected chi connectivity index (χ0v) is 21.5. The Bertz CT molecular complexity index is 1160. The smallest absolute Gasteiger partial charge is 0.460 e. The average molecular weight is 547 g/mol. The largest absolute Gasteiger partial charge is 0.573 e. The van der Waals surface area contributed by atoms with Crippen LogP contribution in [-0.2, 0) is 19.6 Å². The second kappa shape index (κ2) is 11.4. The zero-order valence-electron chi connectivity index (χ0n) is 20.7. The van der Waals surface area contributed by atoms with Crippen LogP contribution in [0.15, 0.2) is 53.4 Å². The summed E-state index contributed by atoms with van der Waals surface area (Å²) in [6.07, 6.45) is -3.82. The Hall–Kier alpha value is -2.70. The molecule has 2 aromatic rings. The van der Waals surface area contributed by atoms with E-state index in [0.29, 0.717) is 31.5 Å². The Morgan fingerprint density at radius 2 is 1.59 bits per heavy atom. The Balaban J connectivity index is 1.72. The summed E-state index contributed by atoms with van der Waals surface area (Å²) in [6.45, 7) is 6.68. The molecule has 1 aliphatic heterocycles. The molecule has 0 radical (unpaired) electrons. The number of ether oxygens (including phenoxy) is 2. The molecule has 1 heterocycles. The van der Waals surface area contributed by atoms with Crippen molar-refractivity contribution in [1.29, 1.82) is 0 Å². The minimum atomic E-state index is -4.90. The second-order valence-corrected chi connectivity index (χ2v) is 11.6. The highest BCUT2D eigenvalue weighted by Crippen LogP contribution is 2.27. The number of nitrogens with zero attached hydrogens (tertiary/aromatic N) is 1. The molecule has 0 spiro atoms. The standard InChI is InChI=1S/C25H30F4N2O5S/c1-24(2,3)36-23(32)18-12-14-31(15-13-18)16-22(17-4-6-19(26)7-5-17)30-37(33,34)21-10-8-20(9-11-21)35-25(27,28)29/h4-11,18,22,30H,12-16H2,1-3H3. The lowest BCUT2D eigenvalue weighted by molar-refractivity contribution is -0.274.